The Bertz CT molecular complexity index is 834. The second-order valence-corrected chi connectivity index (χ2v) is 9.83. The Hall–Kier alpha value is -1.93. The number of likely N-dealkylation sites (tertiary alicyclic amines) is 1. The molecule has 2 fully saturated rings. The summed E-state index contributed by atoms with van der Waals surface area (Å²) in [6, 6.07) is 6.22. The van der Waals surface area contributed by atoms with E-state index in [0.717, 1.165) is 32.1 Å². The molecule has 0 unspecified atom stereocenters. The molecule has 1 heterocycles. The van der Waals surface area contributed by atoms with Gasteiger partial charge in [-0.2, -0.15) is 4.31 Å². The van der Waals surface area contributed by atoms with Crippen LogP contribution >= 0.6 is 0 Å². The fourth-order valence-corrected chi connectivity index (χ4v) is 5.64. The van der Waals surface area contributed by atoms with Crippen LogP contribution < -0.4 is 5.73 Å². The van der Waals surface area contributed by atoms with Gasteiger partial charge in [-0.1, -0.05) is 25.3 Å². The van der Waals surface area contributed by atoms with Crippen molar-refractivity contribution in [2.24, 2.45) is 11.7 Å². The summed E-state index contributed by atoms with van der Waals surface area (Å²) in [4.78, 5) is 26.1. The lowest BCUT2D eigenvalue weighted by atomic mass is 9.96. The van der Waals surface area contributed by atoms with Gasteiger partial charge in [0.25, 0.3) is 5.91 Å². The molecule has 1 aliphatic carbocycles. The summed E-state index contributed by atoms with van der Waals surface area (Å²) >= 11 is 0. The third-order valence-corrected chi connectivity index (χ3v) is 7.86. The van der Waals surface area contributed by atoms with E-state index in [2.05, 4.69) is 0 Å². The van der Waals surface area contributed by atoms with E-state index < -0.39 is 15.9 Å². The molecule has 1 aliphatic heterocycles. The average molecular weight is 408 g/mol. The lowest BCUT2D eigenvalue weighted by Crippen LogP contribution is -2.44. The summed E-state index contributed by atoms with van der Waals surface area (Å²) < 4.78 is 27.6. The molecule has 0 radical (unpaired) electrons. The monoisotopic (exact) mass is 407 g/mol. The first kappa shape index (κ1) is 20.8. The summed E-state index contributed by atoms with van der Waals surface area (Å²) in [5.41, 5.74) is 5.71. The van der Waals surface area contributed by atoms with E-state index in [-0.39, 0.29) is 29.3 Å². The predicted octanol–water partition coefficient (Wildman–Crippen LogP) is 1.98. The Morgan fingerprint density at radius 3 is 2.50 bits per heavy atom. The fourth-order valence-electron chi connectivity index (χ4n) is 4.17. The van der Waals surface area contributed by atoms with Gasteiger partial charge in [0.15, 0.2) is 0 Å². The first-order valence-electron chi connectivity index (χ1n) is 9.97. The fraction of sp³-hybridized carbons (Fsp3) is 0.600. The van der Waals surface area contributed by atoms with Crippen LogP contribution in [-0.4, -0.2) is 55.6 Å². The zero-order valence-electron chi connectivity index (χ0n) is 16.3. The quantitative estimate of drug-likeness (QED) is 0.806. The van der Waals surface area contributed by atoms with Gasteiger partial charge >= 0.3 is 0 Å². The smallest absolute Gasteiger partial charge is 0.253 e. The highest BCUT2D eigenvalue weighted by molar-refractivity contribution is 7.89. The number of benzene rings is 1. The van der Waals surface area contributed by atoms with E-state index >= 15 is 0 Å². The van der Waals surface area contributed by atoms with Crippen LogP contribution in [0, 0.1) is 5.92 Å². The van der Waals surface area contributed by atoms with Crippen molar-refractivity contribution in [2.75, 3.05) is 20.1 Å². The molecule has 0 bridgehead atoms. The van der Waals surface area contributed by atoms with Gasteiger partial charge in [0.2, 0.25) is 15.9 Å². The van der Waals surface area contributed by atoms with Crippen molar-refractivity contribution in [1.29, 1.82) is 0 Å². The van der Waals surface area contributed by atoms with E-state index in [1.165, 1.54) is 16.4 Å². The highest BCUT2D eigenvalue weighted by Crippen LogP contribution is 2.27. The third-order valence-electron chi connectivity index (χ3n) is 5.96. The largest absolute Gasteiger partial charge is 0.369 e. The molecule has 7 nitrogen and oxygen atoms in total. The Labute approximate surface area is 166 Å². The normalized spacial score (nSPS) is 21.6. The van der Waals surface area contributed by atoms with Crippen molar-refractivity contribution in [3.8, 4) is 0 Å². The van der Waals surface area contributed by atoms with Gasteiger partial charge in [-0.15, -0.1) is 0 Å². The minimum atomic E-state index is -3.66. The highest BCUT2D eigenvalue weighted by atomic mass is 32.2. The van der Waals surface area contributed by atoms with Gasteiger partial charge in [-0.05, 0) is 43.9 Å². The molecule has 3 rings (SSSR count). The SMILES string of the molecule is CN(C1CCCCC1)S(=O)(=O)c1cccc(C(=O)N2CCC[C@H](C(N)=O)C2)c1. The van der Waals surface area contributed by atoms with Crippen LogP contribution in [-0.2, 0) is 14.8 Å². The van der Waals surface area contributed by atoms with Gasteiger partial charge in [-0.25, -0.2) is 8.42 Å². The minimum Gasteiger partial charge on any atom is -0.369 e. The molecule has 0 aromatic heterocycles. The molecule has 1 atom stereocenters. The second-order valence-electron chi connectivity index (χ2n) is 7.83. The molecule has 1 saturated heterocycles. The Morgan fingerprint density at radius 2 is 1.82 bits per heavy atom. The first-order valence-corrected chi connectivity index (χ1v) is 11.4. The predicted molar refractivity (Wildman–Crippen MR) is 106 cm³/mol. The minimum absolute atomic E-state index is 0.0107. The number of hydrogen-bond donors (Lipinski definition) is 1. The number of nitrogens with zero attached hydrogens (tertiary/aromatic N) is 2. The molecule has 1 aromatic rings. The molecule has 8 heteroatoms. The number of sulfonamides is 1. The van der Waals surface area contributed by atoms with E-state index in [4.69, 9.17) is 5.73 Å². The highest BCUT2D eigenvalue weighted by Gasteiger charge is 2.31. The van der Waals surface area contributed by atoms with E-state index in [1.54, 1.807) is 24.1 Å². The number of primary amides is 1. The summed E-state index contributed by atoms with van der Waals surface area (Å²) in [5.74, 6) is -1.01. The topological polar surface area (TPSA) is 101 Å². The summed E-state index contributed by atoms with van der Waals surface area (Å²) in [6.45, 7) is 0.828. The maximum Gasteiger partial charge on any atom is 0.253 e. The van der Waals surface area contributed by atoms with Crippen molar-refractivity contribution >= 4 is 21.8 Å². The van der Waals surface area contributed by atoms with Gasteiger partial charge in [0, 0.05) is 31.7 Å². The Balaban J connectivity index is 1.79. The number of nitrogens with two attached hydrogens (primary N) is 1. The van der Waals surface area contributed by atoms with Crippen LogP contribution in [0.3, 0.4) is 0 Å². The van der Waals surface area contributed by atoms with Crippen LogP contribution in [0.4, 0.5) is 0 Å². The van der Waals surface area contributed by atoms with Crippen molar-refractivity contribution in [2.45, 2.75) is 55.9 Å². The number of carbonyl (C=O) groups is 2. The van der Waals surface area contributed by atoms with E-state index in [9.17, 15) is 18.0 Å². The van der Waals surface area contributed by atoms with Crippen molar-refractivity contribution in [1.82, 2.24) is 9.21 Å². The van der Waals surface area contributed by atoms with Crippen LogP contribution in [0.5, 0.6) is 0 Å². The Morgan fingerprint density at radius 1 is 1.11 bits per heavy atom. The molecule has 2 aliphatic rings. The summed E-state index contributed by atoms with van der Waals surface area (Å²) in [5, 5.41) is 0. The molecule has 2 N–H and O–H groups in total. The zero-order chi connectivity index (χ0) is 20.3. The van der Waals surface area contributed by atoms with Crippen LogP contribution in [0.15, 0.2) is 29.2 Å². The van der Waals surface area contributed by atoms with Gasteiger partial charge in [0.05, 0.1) is 10.8 Å². The van der Waals surface area contributed by atoms with Gasteiger partial charge < -0.3 is 10.6 Å². The second kappa shape index (κ2) is 8.61. The van der Waals surface area contributed by atoms with Crippen molar-refractivity contribution in [3.05, 3.63) is 29.8 Å². The molecule has 28 heavy (non-hydrogen) atoms. The maximum atomic E-state index is 13.1. The number of carbonyl (C=O) groups excluding carboxylic acids is 2. The van der Waals surface area contributed by atoms with Crippen molar-refractivity contribution in [3.63, 3.8) is 0 Å². The van der Waals surface area contributed by atoms with Gasteiger partial charge in [0.1, 0.15) is 0 Å². The molecule has 1 aromatic carbocycles. The first-order chi connectivity index (χ1) is 13.3. The molecular weight excluding hydrogens is 378 g/mol. The summed E-state index contributed by atoms with van der Waals surface area (Å²) in [6.07, 6.45) is 6.36. The van der Waals surface area contributed by atoms with Crippen molar-refractivity contribution < 1.29 is 18.0 Å². The van der Waals surface area contributed by atoms with Gasteiger partial charge in [-0.3, -0.25) is 9.59 Å². The lowest BCUT2D eigenvalue weighted by Gasteiger charge is -2.32. The zero-order valence-corrected chi connectivity index (χ0v) is 17.2. The molecule has 1 saturated carbocycles. The number of hydrogen-bond acceptors (Lipinski definition) is 4. The molecular formula is C20H29N3O4S. The number of piperidine rings is 1. The molecule has 154 valence electrons. The standard InChI is InChI=1S/C20H29N3O4S/c1-22(17-9-3-2-4-10-17)28(26,27)18-11-5-7-15(13-18)20(25)23-12-6-8-16(14-23)19(21)24/h5,7,11,13,16-17H,2-4,6,8-10,12,14H2,1H3,(H2,21,24)/t16-/m0/s1. The third kappa shape index (κ3) is 4.38. The average Bonchev–Trinajstić information content (AvgIpc) is 2.73. The summed E-state index contributed by atoms with van der Waals surface area (Å²) in [7, 11) is -2.03. The lowest BCUT2D eigenvalue weighted by molar-refractivity contribution is -0.123. The van der Waals surface area contributed by atoms with E-state index in [1.807, 2.05) is 0 Å². The van der Waals surface area contributed by atoms with Crippen LogP contribution in [0.1, 0.15) is 55.3 Å². The number of amides is 2. The maximum absolute atomic E-state index is 13.1. The molecule has 0 spiro atoms. The Kier molecular flexibility index (Phi) is 6.40. The van der Waals surface area contributed by atoms with Crippen LogP contribution in [0.2, 0.25) is 0 Å². The molecule has 2 amide bonds. The van der Waals surface area contributed by atoms with Crippen LogP contribution in [0.25, 0.3) is 0 Å². The van der Waals surface area contributed by atoms with E-state index in [0.29, 0.717) is 24.9 Å². The number of rotatable bonds is 5.